The number of hydrogen-bond donors (Lipinski definition) is 3. The van der Waals surface area contributed by atoms with Gasteiger partial charge in [-0.1, -0.05) is 91.9 Å². The molecule has 3 amide bonds. The number of carbonyl (C=O) groups excluding carboxylic acids is 4. The lowest BCUT2D eigenvalue weighted by Crippen LogP contribution is -2.57. The van der Waals surface area contributed by atoms with Crippen molar-refractivity contribution in [3.05, 3.63) is 107 Å². The second-order valence-corrected chi connectivity index (χ2v) is 12.2. The molecule has 0 aromatic heterocycles. The number of aliphatic hydroxyl groups excluding tert-OH is 1. The van der Waals surface area contributed by atoms with E-state index in [-0.39, 0.29) is 48.0 Å². The number of aryl methyl sites for hydroxylation is 1. The molecule has 1 unspecified atom stereocenters. The number of amides is 3. The van der Waals surface area contributed by atoms with Crippen LogP contribution in [0.25, 0.3) is 0 Å². The van der Waals surface area contributed by atoms with E-state index in [1.54, 1.807) is 24.3 Å². The van der Waals surface area contributed by atoms with Gasteiger partial charge in [-0.3, -0.25) is 19.2 Å². The summed E-state index contributed by atoms with van der Waals surface area (Å²) in [5.41, 5.74) is 3.49. The smallest absolute Gasteiger partial charge is 0.254 e. The number of Topliss-reactive ketones (excluding diaryl/α,β-unsaturated/α-hetero) is 1. The first-order chi connectivity index (χ1) is 20.7. The van der Waals surface area contributed by atoms with E-state index in [9.17, 15) is 24.3 Å². The van der Waals surface area contributed by atoms with Gasteiger partial charge in [0.15, 0.2) is 11.9 Å². The minimum atomic E-state index is -1.56. The fourth-order valence-electron chi connectivity index (χ4n) is 5.18. The van der Waals surface area contributed by atoms with E-state index in [0.29, 0.717) is 18.5 Å². The highest BCUT2D eigenvalue weighted by Crippen LogP contribution is 2.30. The molecular weight excluding hydrogens is 562 g/mol. The molecule has 0 radical (unpaired) electrons. The SMILES string of the molecule is Cc1ccccc1CNC(=O)[C@@H]1C(C)SCN1C(=O)[C@@H](O)[C@H](Cc1ccccc1)NC(=O)CCCC(=O)c1ccccc1. The predicted octanol–water partition coefficient (Wildman–Crippen LogP) is 4.04. The predicted molar refractivity (Wildman–Crippen MR) is 168 cm³/mol. The van der Waals surface area contributed by atoms with Crippen molar-refractivity contribution in [3.8, 4) is 0 Å². The van der Waals surface area contributed by atoms with Crippen LogP contribution in [0.1, 0.15) is 53.2 Å². The molecule has 43 heavy (non-hydrogen) atoms. The van der Waals surface area contributed by atoms with Gasteiger partial charge in [0.1, 0.15) is 6.04 Å². The zero-order valence-corrected chi connectivity index (χ0v) is 25.4. The fourth-order valence-corrected chi connectivity index (χ4v) is 6.32. The van der Waals surface area contributed by atoms with Gasteiger partial charge in [-0.2, -0.15) is 0 Å². The lowest BCUT2D eigenvalue weighted by molar-refractivity contribution is -0.147. The summed E-state index contributed by atoms with van der Waals surface area (Å²) in [6, 6.07) is 24.3. The molecule has 1 aliphatic rings. The van der Waals surface area contributed by atoms with Gasteiger partial charge in [-0.25, -0.2) is 0 Å². The maximum atomic E-state index is 13.7. The minimum absolute atomic E-state index is 0.0446. The molecular formula is C34H39N3O5S. The van der Waals surface area contributed by atoms with E-state index in [2.05, 4.69) is 10.6 Å². The molecule has 8 nitrogen and oxygen atoms in total. The molecule has 3 aromatic carbocycles. The Hall–Kier alpha value is -3.95. The van der Waals surface area contributed by atoms with Crippen molar-refractivity contribution in [1.29, 1.82) is 0 Å². The number of aliphatic hydroxyl groups is 1. The summed E-state index contributed by atoms with van der Waals surface area (Å²) in [6.45, 7) is 4.20. The van der Waals surface area contributed by atoms with E-state index in [1.807, 2.05) is 74.5 Å². The number of nitrogens with zero attached hydrogens (tertiary/aromatic N) is 1. The van der Waals surface area contributed by atoms with E-state index in [0.717, 1.165) is 16.7 Å². The van der Waals surface area contributed by atoms with Crippen molar-refractivity contribution < 1.29 is 24.3 Å². The standard InChI is InChI=1S/C34H39N3O5S/c1-23-12-9-10-17-27(23)21-35-33(41)31-24(2)43-22-37(31)34(42)32(40)28(20-25-13-5-3-6-14-25)36-30(39)19-11-18-29(38)26-15-7-4-8-16-26/h3-10,12-17,24,28,31-32,40H,11,18-22H2,1-2H3,(H,35,41)(H,36,39)/t24?,28-,31-,32-/m0/s1. The zero-order chi connectivity index (χ0) is 30.8. The van der Waals surface area contributed by atoms with E-state index >= 15 is 0 Å². The molecule has 1 aliphatic heterocycles. The third-order valence-corrected chi connectivity index (χ3v) is 8.92. The van der Waals surface area contributed by atoms with Gasteiger partial charge in [0.2, 0.25) is 11.8 Å². The first kappa shape index (κ1) is 32.0. The van der Waals surface area contributed by atoms with E-state index < -0.39 is 24.1 Å². The summed E-state index contributed by atoms with van der Waals surface area (Å²) < 4.78 is 0. The number of hydrogen-bond acceptors (Lipinski definition) is 6. The number of nitrogens with one attached hydrogen (secondary N) is 2. The molecule has 9 heteroatoms. The molecule has 1 saturated heterocycles. The Labute approximate surface area is 257 Å². The molecule has 3 N–H and O–H groups in total. The molecule has 226 valence electrons. The Morgan fingerprint density at radius 1 is 0.930 bits per heavy atom. The Morgan fingerprint density at radius 3 is 2.28 bits per heavy atom. The Balaban J connectivity index is 1.41. The monoisotopic (exact) mass is 601 g/mol. The number of carbonyl (C=O) groups is 4. The molecule has 1 fully saturated rings. The van der Waals surface area contributed by atoms with Crippen molar-refractivity contribution in [1.82, 2.24) is 15.5 Å². The van der Waals surface area contributed by atoms with Crippen LogP contribution in [0.15, 0.2) is 84.9 Å². The van der Waals surface area contributed by atoms with Crippen molar-refractivity contribution in [3.63, 3.8) is 0 Å². The van der Waals surface area contributed by atoms with Crippen LogP contribution in [0.5, 0.6) is 0 Å². The van der Waals surface area contributed by atoms with Crippen LogP contribution in [0.3, 0.4) is 0 Å². The first-order valence-corrected chi connectivity index (χ1v) is 15.6. The summed E-state index contributed by atoms with van der Waals surface area (Å²) in [5.74, 6) is -1.03. The van der Waals surface area contributed by atoms with Gasteiger partial charge in [-0.05, 0) is 36.5 Å². The topological polar surface area (TPSA) is 116 Å². The highest BCUT2D eigenvalue weighted by atomic mass is 32.2. The lowest BCUT2D eigenvalue weighted by Gasteiger charge is -2.30. The van der Waals surface area contributed by atoms with Crippen LogP contribution in [0.2, 0.25) is 0 Å². The van der Waals surface area contributed by atoms with Gasteiger partial charge in [0.25, 0.3) is 5.91 Å². The largest absolute Gasteiger partial charge is 0.381 e. The van der Waals surface area contributed by atoms with Crippen molar-refractivity contribution in [2.24, 2.45) is 0 Å². The summed E-state index contributed by atoms with van der Waals surface area (Å²) in [6.07, 6.45) is -0.711. The van der Waals surface area contributed by atoms with Gasteiger partial charge < -0.3 is 20.6 Å². The Morgan fingerprint density at radius 2 is 1.58 bits per heavy atom. The number of rotatable bonds is 13. The van der Waals surface area contributed by atoms with Crippen LogP contribution in [0, 0.1) is 6.92 Å². The second kappa shape index (κ2) is 15.5. The Bertz CT molecular complexity index is 1400. The van der Waals surface area contributed by atoms with Crippen LogP contribution >= 0.6 is 11.8 Å². The van der Waals surface area contributed by atoms with Crippen molar-refractivity contribution in [2.75, 3.05) is 5.88 Å². The summed E-state index contributed by atoms with van der Waals surface area (Å²) in [4.78, 5) is 53.8. The fraction of sp³-hybridized carbons (Fsp3) is 0.353. The lowest BCUT2D eigenvalue weighted by atomic mass is 9.99. The molecule has 4 rings (SSSR count). The third kappa shape index (κ3) is 8.78. The first-order valence-electron chi connectivity index (χ1n) is 14.6. The van der Waals surface area contributed by atoms with Gasteiger partial charge >= 0.3 is 0 Å². The van der Waals surface area contributed by atoms with Crippen LogP contribution < -0.4 is 10.6 Å². The molecule has 1 heterocycles. The van der Waals surface area contributed by atoms with Gasteiger partial charge in [0, 0.05) is 30.2 Å². The summed E-state index contributed by atoms with van der Waals surface area (Å²) in [5, 5.41) is 17.0. The zero-order valence-electron chi connectivity index (χ0n) is 24.6. The van der Waals surface area contributed by atoms with Gasteiger partial charge in [0.05, 0.1) is 11.9 Å². The maximum absolute atomic E-state index is 13.7. The average molecular weight is 602 g/mol. The molecule has 0 saturated carbocycles. The molecule has 4 atom stereocenters. The molecule has 0 aliphatic carbocycles. The summed E-state index contributed by atoms with van der Waals surface area (Å²) >= 11 is 1.47. The Kier molecular flexibility index (Phi) is 11.5. The number of ketones is 1. The second-order valence-electron chi connectivity index (χ2n) is 10.8. The maximum Gasteiger partial charge on any atom is 0.254 e. The average Bonchev–Trinajstić information content (AvgIpc) is 3.41. The summed E-state index contributed by atoms with van der Waals surface area (Å²) in [7, 11) is 0. The van der Waals surface area contributed by atoms with Crippen LogP contribution in [-0.2, 0) is 27.3 Å². The molecule has 0 bridgehead atoms. The van der Waals surface area contributed by atoms with Crippen LogP contribution in [-0.4, -0.2) is 62.8 Å². The van der Waals surface area contributed by atoms with Gasteiger partial charge in [-0.15, -0.1) is 11.8 Å². The van der Waals surface area contributed by atoms with Crippen LogP contribution in [0.4, 0.5) is 0 Å². The normalized spacial score (nSPS) is 17.6. The number of thioether (sulfide) groups is 1. The number of benzene rings is 3. The van der Waals surface area contributed by atoms with Crippen molar-refractivity contribution in [2.45, 2.75) is 69.5 Å². The minimum Gasteiger partial charge on any atom is -0.381 e. The van der Waals surface area contributed by atoms with Crippen molar-refractivity contribution >= 4 is 35.3 Å². The highest BCUT2D eigenvalue weighted by Gasteiger charge is 2.43. The highest BCUT2D eigenvalue weighted by molar-refractivity contribution is 8.00. The van der Waals surface area contributed by atoms with E-state index in [4.69, 9.17) is 0 Å². The van der Waals surface area contributed by atoms with E-state index in [1.165, 1.54) is 16.7 Å². The molecule has 0 spiro atoms. The third-order valence-electron chi connectivity index (χ3n) is 7.71. The molecule has 3 aromatic rings. The quantitative estimate of drug-likeness (QED) is 0.255.